The molecule has 146 valence electrons. The van der Waals surface area contributed by atoms with Gasteiger partial charge in [-0.1, -0.05) is 30.3 Å². The van der Waals surface area contributed by atoms with Crippen molar-refractivity contribution >= 4 is 22.9 Å². The lowest BCUT2D eigenvalue weighted by Gasteiger charge is -2.20. The van der Waals surface area contributed by atoms with Gasteiger partial charge in [0.05, 0.1) is 17.6 Å². The van der Waals surface area contributed by atoms with E-state index in [2.05, 4.69) is 0 Å². The van der Waals surface area contributed by atoms with Crippen molar-refractivity contribution in [1.29, 1.82) is 0 Å². The lowest BCUT2D eigenvalue weighted by atomic mass is 10.2. The number of carbonyl (C=O) groups excluding carboxylic acids is 1. The maximum Gasteiger partial charge on any atom is 0.323 e. The van der Waals surface area contributed by atoms with Gasteiger partial charge in [-0.25, -0.2) is 4.98 Å². The number of benzene rings is 2. The van der Waals surface area contributed by atoms with Crippen molar-refractivity contribution in [3.05, 3.63) is 60.4 Å². The fourth-order valence-electron chi connectivity index (χ4n) is 3.14. The summed E-state index contributed by atoms with van der Waals surface area (Å²) in [6.45, 7) is 0.204. The Balaban J connectivity index is 1.84. The first-order valence-corrected chi connectivity index (χ1v) is 9.10. The number of aryl methyl sites for hydroxylation is 1. The van der Waals surface area contributed by atoms with Gasteiger partial charge in [-0.15, -0.1) is 0 Å². The lowest BCUT2D eigenvalue weighted by molar-refractivity contribution is -0.144. The minimum absolute atomic E-state index is 0.174. The van der Waals surface area contributed by atoms with Gasteiger partial charge in [0.15, 0.2) is 0 Å². The molecular formula is C21H23N3O4. The van der Waals surface area contributed by atoms with Crippen molar-refractivity contribution < 1.29 is 19.4 Å². The highest BCUT2D eigenvalue weighted by molar-refractivity contribution is 5.82. The van der Waals surface area contributed by atoms with E-state index in [0.29, 0.717) is 13.0 Å². The number of carboxylic acids is 1. The van der Waals surface area contributed by atoms with Gasteiger partial charge < -0.3 is 14.7 Å². The molecule has 1 aromatic heterocycles. The average molecular weight is 381 g/mol. The zero-order valence-corrected chi connectivity index (χ0v) is 15.7. The van der Waals surface area contributed by atoms with Crippen molar-refractivity contribution in [3.63, 3.8) is 0 Å². The molecule has 0 unspecified atom stereocenters. The van der Waals surface area contributed by atoms with Crippen molar-refractivity contribution in [2.45, 2.75) is 12.8 Å². The summed E-state index contributed by atoms with van der Waals surface area (Å²) in [5.74, 6) is -0.505. The Hall–Kier alpha value is -3.19. The first-order valence-electron chi connectivity index (χ1n) is 9.10. The summed E-state index contributed by atoms with van der Waals surface area (Å²) in [6, 6.07) is 17.7. The first kappa shape index (κ1) is 19.6. The number of hydrogen-bond acceptors (Lipinski definition) is 4. The number of rotatable bonds is 9. The van der Waals surface area contributed by atoms with Crippen LogP contribution < -0.4 is 0 Å². The molecular weight excluding hydrogens is 358 g/mol. The van der Waals surface area contributed by atoms with Crippen LogP contribution in [0.1, 0.15) is 12.2 Å². The SMILES string of the molecule is COCCN(CC(=O)O)C(=O)CCc1nc2ccccc2n1-c1ccccc1. The van der Waals surface area contributed by atoms with Crippen LogP contribution in [0.15, 0.2) is 54.6 Å². The predicted octanol–water partition coefficient (Wildman–Crippen LogP) is 2.52. The van der Waals surface area contributed by atoms with Crippen LogP contribution in [0.4, 0.5) is 0 Å². The van der Waals surface area contributed by atoms with Crippen LogP contribution in [-0.2, 0) is 20.7 Å². The zero-order valence-electron chi connectivity index (χ0n) is 15.7. The number of aliphatic carboxylic acids is 1. The fourth-order valence-corrected chi connectivity index (χ4v) is 3.14. The maximum atomic E-state index is 12.6. The summed E-state index contributed by atoms with van der Waals surface area (Å²) in [4.78, 5) is 29.6. The summed E-state index contributed by atoms with van der Waals surface area (Å²) in [5, 5.41) is 9.05. The number of aromatic nitrogens is 2. The van der Waals surface area contributed by atoms with E-state index in [-0.39, 0.29) is 25.4 Å². The quantitative estimate of drug-likeness (QED) is 0.616. The Morgan fingerprint density at radius 1 is 1.11 bits per heavy atom. The number of amides is 1. The molecule has 1 amide bonds. The van der Waals surface area contributed by atoms with Crippen molar-refractivity contribution in [3.8, 4) is 5.69 Å². The molecule has 0 aliphatic carbocycles. The Bertz CT molecular complexity index is 953. The van der Waals surface area contributed by atoms with E-state index < -0.39 is 5.97 Å². The number of para-hydroxylation sites is 3. The van der Waals surface area contributed by atoms with Gasteiger partial charge in [-0.2, -0.15) is 0 Å². The fraction of sp³-hybridized carbons (Fsp3) is 0.286. The molecule has 7 heteroatoms. The summed E-state index contributed by atoms with van der Waals surface area (Å²) in [7, 11) is 1.52. The predicted molar refractivity (Wildman–Crippen MR) is 105 cm³/mol. The van der Waals surface area contributed by atoms with E-state index in [1.54, 1.807) is 0 Å². The van der Waals surface area contributed by atoms with Crippen LogP contribution >= 0.6 is 0 Å². The smallest absolute Gasteiger partial charge is 0.323 e. The first-order chi connectivity index (χ1) is 13.6. The van der Waals surface area contributed by atoms with Gasteiger partial charge in [-0.05, 0) is 24.3 Å². The summed E-state index contributed by atoms with van der Waals surface area (Å²) in [6.07, 6.45) is 0.582. The Labute approximate surface area is 163 Å². The van der Waals surface area contributed by atoms with Crippen LogP contribution in [0.5, 0.6) is 0 Å². The highest BCUT2D eigenvalue weighted by Gasteiger charge is 2.19. The zero-order chi connectivity index (χ0) is 19.9. The molecule has 2 aromatic carbocycles. The van der Waals surface area contributed by atoms with Gasteiger partial charge in [0.1, 0.15) is 12.4 Å². The molecule has 3 rings (SSSR count). The lowest BCUT2D eigenvalue weighted by Crippen LogP contribution is -2.38. The highest BCUT2D eigenvalue weighted by atomic mass is 16.5. The molecule has 0 spiro atoms. The van der Waals surface area contributed by atoms with Gasteiger partial charge in [0.25, 0.3) is 0 Å². The number of carbonyl (C=O) groups is 2. The summed E-state index contributed by atoms with van der Waals surface area (Å²) >= 11 is 0. The average Bonchev–Trinajstić information content (AvgIpc) is 3.08. The third-order valence-electron chi connectivity index (χ3n) is 4.45. The Morgan fingerprint density at radius 2 is 1.82 bits per heavy atom. The number of fused-ring (bicyclic) bond motifs is 1. The molecule has 0 aliphatic rings. The van der Waals surface area contributed by atoms with Crippen molar-refractivity contribution in [2.75, 3.05) is 26.8 Å². The van der Waals surface area contributed by atoms with Crippen molar-refractivity contribution in [1.82, 2.24) is 14.5 Å². The normalized spacial score (nSPS) is 10.9. The monoisotopic (exact) mass is 381 g/mol. The highest BCUT2D eigenvalue weighted by Crippen LogP contribution is 2.22. The van der Waals surface area contributed by atoms with E-state index >= 15 is 0 Å². The third-order valence-corrected chi connectivity index (χ3v) is 4.45. The van der Waals surface area contributed by atoms with Crippen LogP contribution in [0.2, 0.25) is 0 Å². The molecule has 0 saturated carbocycles. The largest absolute Gasteiger partial charge is 0.480 e. The minimum Gasteiger partial charge on any atom is -0.480 e. The third kappa shape index (κ3) is 4.55. The number of imidazole rings is 1. The number of carboxylic acid groups (broad SMARTS) is 1. The number of nitrogens with zero attached hydrogens (tertiary/aromatic N) is 3. The molecule has 0 fully saturated rings. The topological polar surface area (TPSA) is 84.7 Å². The maximum absolute atomic E-state index is 12.6. The number of ether oxygens (including phenoxy) is 1. The standard InChI is InChI=1S/C21H23N3O4/c1-28-14-13-23(15-21(26)27)20(25)12-11-19-22-17-9-5-6-10-18(17)24(19)16-7-3-2-4-8-16/h2-10H,11-15H2,1H3,(H,26,27). The number of hydrogen-bond donors (Lipinski definition) is 1. The molecule has 0 aliphatic heterocycles. The van der Waals surface area contributed by atoms with Gasteiger partial charge in [0.2, 0.25) is 5.91 Å². The van der Waals surface area contributed by atoms with E-state index in [4.69, 9.17) is 14.8 Å². The van der Waals surface area contributed by atoms with Gasteiger partial charge in [0, 0.05) is 32.2 Å². The summed E-state index contributed by atoms with van der Waals surface area (Å²) < 4.78 is 7.02. The van der Waals surface area contributed by atoms with E-state index in [0.717, 1.165) is 22.5 Å². The molecule has 0 bridgehead atoms. The number of methoxy groups -OCH3 is 1. The van der Waals surface area contributed by atoms with Gasteiger partial charge in [-0.3, -0.25) is 14.2 Å². The second-order valence-electron chi connectivity index (χ2n) is 6.39. The molecule has 1 N–H and O–H groups in total. The molecule has 7 nitrogen and oxygen atoms in total. The second-order valence-corrected chi connectivity index (χ2v) is 6.39. The Morgan fingerprint density at radius 3 is 2.54 bits per heavy atom. The van der Waals surface area contributed by atoms with Crippen molar-refractivity contribution in [2.24, 2.45) is 0 Å². The van der Waals surface area contributed by atoms with Crippen LogP contribution in [0, 0.1) is 0 Å². The molecule has 28 heavy (non-hydrogen) atoms. The molecule has 3 aromatic rings. The molecule has 0 radical (unpaired) electrons. The molecule has 0 saturated heterocycles. The molecule has 0 atom stereocenters. The summed E-state index contributed by atoms with van der Waals surface area (Å²) in [5.41, 5.74) is 2.80. The second kappa shape index (κ2) is 9.14. The minimum atomic E-state index is -1.04. The van der Waals surface area contributed by atoms with Crippen LogP contribution in [0.25, 0.3) is 16.7 Å². The van der Waals surface area contributed by atoms with Crippen LogP contribution in [-0.4, -0.2) is 58.2 Å². The van der Waals surface area contributed by atoms with Crippen LogP contribution in [0.3, 0.4) is 0 Å². The van der Waals surface area contributed by atoms with E-state index in [1.807, 2.05) is 59.2 Å². The van der Waals surface area contributed by atoms with Gasteiger partial charge >= 0.3 is 5.97 Å². The van der Waals surface area contributed by atoms with E-state index in [1.165, 1.54) is 12.0 Å². The Kier molecular flexibility index (Phi) is 6.39. The molecule has 1 heterocycles. The van der Waals surface area contributed by atoms with E-state index in [9.17, 15) is 9.59 Å².